The minimum Gasteiger partial charge on any atom is -0.507 e. The van der Waals surface area contributed by atoms with Crippen LogP contribution in [0.4, 0.5) is 0 Å². The highest BCUT2D eigenvalue weighted by Gasteiger charge is 2.20. The molecule has 0 aliphatic heterocycles. The number of esters is 1. The van der Waals surface area contributed by atoms with Crippen molar-refractivity contribution in [1.29, 1.82) is 0 Å². The van der Waals surface area contributed by atoms with Crippen LogP contribution in [0.25, 0.3) is 0 Å². The first kappa shape index (κ1) is 26.4. The standard InChI is InChI=1S/C27H37NO5/c1-3-5-6-7-8-9-10-11-12-15-18-28-20-21(19-23(26(28)31)27(32)33-4-2)25(30)22-16-13-14-17-24(22)29/h13-14,16-17,19-20,29H,3-12,15,18H2,1-2H3. The predicted octanol–water partition coefficient (Wildman–Crippen LogP) is 5.88. The molecule has 6 heteroatoms. The second kappa shape index (κ2) is 14.3. The van der Waals surface area contributed by atoms with Crippen LogP contribution >= 0.6 is 0 Å². The molecule has 0 aliphatic rings. The van der Waals surface area contributed by atoms with Crippen molar-refractivity contribution in [3.05, 3.63) is 63.6 Å². The molecule has 0 spiro atoms. The molecule has 1 N–H and O–H groups in total. The summed E-state index contributed by atoms with van der Waals surface area (Å²) in [6.45, 7) is 4.44. The molecule has 6 nitrogen and oxygen atoms in total. The van der Waals surface area contributed by atoms with Crippen molar-refractivity contribution in [2.75, 3.05) is 6.61 Å². The highest BCUT2D eigenvalue weighted by atomic mass is 16.5. The third-order valence-electron chi connectivity index (χ3n) is 5.74. The first-order valence-electron chi connectivity index (χ1n) is 12.2. The van der Waals surface area contributed by atoms with Crippen LogP contribution in [-0.2, 0) is 11.3 Å². The Morgan fingerprint density at radius 3 is 2.09 bits per heavy atom. The number of benzene rings is 1. The molecule has 0 saturated carbocycles. The lowest BCUT2D eigenvalue weighted by molar-refractivity contribution is 0.0523. The number of para-hydroxylation sites is 1. The van der Waals surface area contributed by atoms with Crippen molar-refractivity contribution in [2.24, 2.45) is 0 Å². The van der Waals surface area contributed by atoms with Crippen LogP contribution in [0.1, 0.15) is 104 Å². The van der Waals surface area contributed by atoms with Crippen molar-refractivity contribution in [3.8, 4) is 5.75 Å². The zero-order chi connectivity index (χ0) is 24.1. The lowest BCUT2D eigenvalue weighted by Crippen LogP contribution is -2.28. The molecule has 0 saturated heterocycles. The Morgan fingerprint density at radius 1 is 0.879 bits per heavy atom. The first-order valence-corrected chi connectivity index (χ1v) is 12.2. The molecule has 180 valence electrons. The van der Waals surface area contributed by atoms with Crippen molar-refractivity contribution in [1.82, 2.24) is 4.57 Å². The number of hydrogen-bond acceptors (Lipinski definition) is 5. The van der Waals surface area contributed by atoms with Crippen molar-refractivity contribution in [3.63, 3.8) is 0 Å². The van der Waals surface area contributed by atoms with Crippen molar-refractivity contribution in [2.45, 2.75) is 84.6 Å². The van der Waals surface area contributed by atoms with Gasteiger partial charge in [-0.1, -0.05) is 76.8 Å². The zero-order valence-corrected chi connectivity index (χ0v) is 20.0. The number of phenolic OH excluding ortho intramolecular Hbond substituents is 1. The Labute approximate surface area is 196 Å². The maximum Gasteiger partial charge on any atom is 0.343 e. The van der Waals surface area contributed by atoms with Crippen molar-refractivity contribution >= 4 is 11.8 Å². The van der Waals surface area contributed by atoms with E-state index in [4.69, 9.17) is 4.74 Å². The number of rotatable bonds is 15. The number of aryl methyl sites for hydroxylation is 1. The van der Waals surface area contributed by atoms with E-state index in [1.807, 2.05) is 0 Å². The monoisotopic (exact) mass is 455 g/mol. The molecule has 1 aromatic heterocycles. The SMILES string of the molecule is CCCCCCCCCCCCn1cc(C(=O)c2ccccc2O)cc(C(=O)OCC)c1=O. The van der Waals surface area contributed by atoms with E-state index in [0.29, 0.717) is 6.54 Å². The van der Waals surface area contributed by atoms with Gasteiger partial charge >= 0.3 is 5.97 Å². The summed E-state index contributed by atoms with van der Waals surface area (Å²) in [6, 6.07) is 7.49. The summed E-state index contributed by atoms with van der Waals surface area (Å²) in [4.78, 5) is 38.2. The van der Waals surface area contributed by atoms with Crippen LogP contribution < -0.4 is 5.56 Å². The van der Waals surface area contributed by atoms with E-state index in [0.717, 1.165) is 19.3 Å². The van der Waals surface area contributed by atoms with Gasteiger partial charge < -0.3 is 14.4 Å². The largest absolute Gasteiger partial charge is 0.507 e. The second-order valence-corrected chi connectivity index (χ2v) is 8.39. The summed E-state index contributed by atoms with van der Waals surface area (Å²) in [7, 11) is 0. The van der Waals surface area contributed by atoms with Gasteiger partial charge in [0.15, 0.2) is 5.78 Å². The molecule has 2 aromatic rings. The number of pyridine rings is 1. The van der Waals surface area contributed by atoms with Gasteiger partial charge in [-0.15, -0.1) is 0 Å². The summed E-state index contributed by atoms with van der Waals surface area (Å²) in [5.74, 6) is -1.34. The highest BCUT2D eigenvalue weighted by Crippen LogP contribution is 2.20. The summed E-state index contributed by atoms with van der Waals surface area (Å²) in [6.07, 6.45) is 13.2. The fraction of sp³-hybridized carbons (Fsp3) is 0.519. The highest BCUT2D eigenvalue weighted by molar-refractivity contribution is 6.11. The number of phenols is 1. The Morgan fingerprint density at radius 2 is 1.48 bits per heavy atom. The third-order valence-corrected chi connectivity index (χ3v) is 5.74. The van der Waals surface area contributed by atoms with Crippen LogP contribution in [0.5, 0.6) is 5.75 Å². The quantitative estimate of drug-likeness (QED) is 0.206. The number of aromatic hydroxyl groups is 1. The summed E-state index contributed by atoms with van der Waals surface area (Å²) in [5, 5.41) is 10.1. The number of ketones is 1. The number of carbonyl (C=O) groups excluding carboxylic acids is 2. The molecule has 1 aromatic carbocycles. The molecular weight excluding hydrogens is 418 g/mol. The van der Waals surface area contributed by atoms with E-state index >= 15 is 0 Å². The first-order chi connectivity index (χ1) is 16.0. The lowest BCUT2D eigenvalue weighted by atomic mass is 10.0. The van der Waals surface area contributed by atoms with Crippen LogP contribution in [0.15, 0.2) is 41.3 Å². The molecule has 0 radical (unpaired) electrons. The van der Waals surface area contributed by atoms with Crippen molar-refractivity contribution < 1.29 is 19.4 Å². The van der Waals surface area contributed by atoms with Gasteiger partial charge in [0.25, 0.3) is 5.56 Å². The molecular formula is C27H37NO5. The van der Waals surface area contributed by atoms with E-state index in [-0.39, 0.29) is 29.0 Å². The average molecular weight is 456 g/mol. The zero-order valence-electron chi connectivity index (χ0n) is 20.0. The van der Waals surface area contributed by atoms with Gasteiger partial charge in [-0.2, -0.15) is 0 Å². The summed E-state index contributed by atoms with van der Waals surface area (Å²) < 4.78 is 6.44. The summed E-state index contributed by atoms with van der Waals surface area (Å²) >= 11 is 0. The maximum atomic E-state index is 13.0. The molecule has 0 aliphatic carbocycles. The van der Waals surface area contributed by atoms with Gasteiger partial charge in [0.2, 0.25) is 0 Å². The average Bonchev–Trinajstić information content (AvgIpc) is 2.81. The molecule has 0 bridgehead atoms. The van der Waals surface area contributed by atoms with E-state index < -0.39 is 17.3 Å². The Balaban J connectivity index is 2.06. The molecule has 0 atom stereocenters. The Kier molecular flexibility index (Phi) is 11.4. The third kappa shape index (κ3) is 8.19. The predicted molar refractivity (Wildman–Crippen MR) is 130 cm³/mol. The normalized spacial score (nSPS) is 10.8. The number of unbranched alkanes of at least 4 members (excludes halogenated alkanes) is 9. The number of ether oxygens (including phenoxy) is 1. The van der Waals surface area contributed by atoms with Crippen LogP contribution in [-0.4, -0.2) is 28.0 Å². The van der Waals surface area contributed by atoms with Gasteiger partial charge in [-0.05, 0) is 31.5 Å². The molecule has 33 heavy (non-hydrogen) atoms. The lowest BCUT2D eigenvalue weighted by Gasteiger charge is -2.12. The molecule has 0 unspecified atom stereocenters. The van der Waals surface area contributed by atoms with Gasteiger partial charge in [-0.3, -0.25) is 9.59 Å². The van der Waals surface area contributed by atoms with Crippen LogP contribution in [0.2, 0.25) is 0 Å². The van der Waals surface area contributed by atoms with E-state index in [1.54, 1.807) is 19.1 Å². The number of aromatic nitrogens is 1. The fourth-order valence-corrected chi connectivity index (χ4v) is 3.87. The Bertz CT molecular complexity index is 963. The number of hydrogen-bond donors (Lipinski definition) is 1. The number of nitrogens with zero attached hydrogens (tertiary/aromatic N) is 1. The van der Waals surface area contributed by atoms with Gasteiger partial charge in [-0.25, -0.2) is 4.79 Å². The van der Waals surface area contributed by atoms with Crippen LogP contribution in [0.3, 0.4) is 0 Å². The Hall–Kier alpha value is -2.89. The minimum absolute atomic E-state index is 0.122. The number of carbonyl (C=O) groups is 2. The summed E-state index contributed by atoms with van der Waals surface area (Å²) in [5.41, 5.74) is -0.328. The van der Waals surface area contributed by atoms with E-state index in [2.05, 4.69) is 6.92 Å². The van der Waals surface area contributed by atoms with Gasteiger partial charge in [0.1, 0.15) is 11.3 Å². The van der Waals surface area contributed by atoms with Gasteiger partial charge in [0, 0.05) is 18.3 Å². The van der Waals surface area contributed by atoms with Crippen LogP contribution in [0, 0.1) is 0 Å². The van der Waals surface area contributed by atoms with E-state index in [9.17, 15) is 19.5 Å². The fourth-order valence-electron chi connectivity index (χ4n) is 3.87. The van der Waals surface area contributed by atoms with E-state index in [1.165, 1.54) is 73.9 Å². The molecule has 0 amide bonds. The second-order valence-electron chi connectivity index (χ2n) is 8.39. The topological polar surface area (TPSA) is 85.6 Å². The molecule has 0 fully saturated rings. The smallest absolute Gasteiger partial charge is 0.343 e. The molecule has 2 rings (SSSR count). The minimum atomic E-state index is -0.744. The van der Waals surface area contributed by atoms with Gasteiger partial charge in [0.05, 0.1) is 12.2 Å². The maximum absolute atomic E-state index is 13.0. The molecule has 1 heterocycles.